The summed E-state index contributed by atoms with van der Waals surface area (Å²) in [4.78, 5) is 11.8. The Hall–Kier alpha value is -0.735. The molecule has 2 radical (unpaired) electrons. The lowest BCUT2D eigenvalue weighted by molar-refractivity contribution is -0.279. The van der Waals surface area contributed by atoms with Crippen LogP contribution >= 0.6 is 12.5 Å². The smallest absolute Gasteiger partial charge is 0.243 e. The number of aliphatic hydroxyl groups is 3. The first kappa shape index (κ1) is 29.3. The number of carbonyl (C=O) groups is 1. The van der Waals surface area contributed by atoms with Crippen LogP contribution in [0.1, 0.15) is 0 Å². The maximum absolute atomic E-state index is 11.8. The van der Waals surface area contributed by atoms with Crippen LogP contribution < -0.4 is 11.1 Å². The molecule has 3 unspecified atom stereocenters. The highest BCUT2D eigenvalue weighted by Gasteiger charge is 2.42. The average molecular weight is 452 g/mol. The van der Waals surface area contributed by atoms with E-state index in [1.165, 1.54) is 19.3 Å². The van der Waals surface area contributed by atoms with Crippen molar-refractivity contribution in [1.82, 2.24) is 5.32 Å². The van der Waals surface area contributed by atoms with Crippen LogP contribution in [-0.4, -0.2) is 119 Å². The predicted molar refractivity (Wildman–Crippen MR) is 112 cm³/mol. The minimum Gasteiger partial charge on any atom is -0.387 e. The molecular weight excluding hydrogens is 419 g/mol. The van der Waals surface area contributed by atoms with Crippen molar-refractivity contribution in [3.05, 3.63) is 12.2 Å². The third-order valence-corrected chi connectivity index (χ3v) is 3.83. The Morgan fingerprint density at radius 2 is 1.60 bits per heavy atom. The molecule has 30 heavy (non-hydrogen) atoms. The third-order valence-electron chi connectivity index (χ3n) is 3.83. The molecule has 1 heterocycles. The van der Waals surface area contributed by atoms with Crippen molar-refractivity contribution in [2.24, 2.45) is 5.73 Å². The molecule has 1 aliphatic heterocycles. The first-order valence-electron chi connectivity index (χ1n) is 9.38. The molecule has 0 aromatic heterocycles. The van der Waals surface area contributed by atoms with E-state index in [9.17, 15) is 20.1 Å². The molecule has 13 heteroatoms. The van der Waals surface area contributed by atoms with Gasteiger partial charge in [-0.2, -0.15) is 0 Å². The molecule has 0 saturated carbocycles. The van der Waals surface area contributed by atoms with Gasteiger partial charge in [-0.1, -0.05) is 0 Å². The normalized spacial score (nSPS) is 26.3. The number of carbonyl (C=O) groups excluding carboxylic acids is 1. The number of rotatable bonds is 14. The maximum Gasteiger partial charge on any atom is 0.243 e. The van der Waals surface area contributed by atoms with E-state index in [2.05, 4.69) is 24.9 Å². The summed E-state index contributed by atoms with van der Waals surface area (Å²) in [6.07, 6.45) is -3.82. The van der Waals surface area contributed by atoms with Gasteiger partial charge in [-0.05, 0) is 6.08 Å². The van der Waals surface area contributed by atoms with E-state index in [-0.39, 0.29) is 0 Å². The van der Waals surface area contributed by atoms with Gasteiger partial charge in [-0.25, -0.2) is 12.5 Å². The SMILES string of the molecule is CO[C@H]1OC(/C=C/C(=O)NCCOCCOCCOCCN)[C@@H](O)C(O)C1O.[B]S. The van der Waals surface area contributed by atoms with Crippen molar-refractivity contribution in [2.45, 2.75) is 30.7 Å². The monoisotopic (exact) mass is 452 g/mol. The lowest BCUT2D eigenvalue weighted by Crippen LogP contribution is -2.57. The quantitative estimate of drug-likeness (QED) is 0.0699. The average Bonchev–Trinajstić information content (AvgIpc) is 2.76. The number of nitrogens with two attached hydrogens (primary N) is 1. The summed E-state index contributed by atoms with van der Waals surface area (Å²) >= 11 is 3.03. The van der Waals surface area contributed by atoms with Crippen LogP contribution in [0.4, 0.5) is 0 Å². The van der Waals surface area contributed by atoms with Crippen LogP contribution in [0.3, 0.4) is 0 Å². The standard InChI is InChI=1S/C17H32N2O9.BHS/c1-24-17-16(23)15(22)14(21)12(28-17)2-3-13(20)19-5-7-26-9-11-27-10-8-25-6-4-18;1-2/h2-3,12,14-17,21-23H,4-11,18H2,1H3,(H,19,20);2H/b3-2+;/t12?,14-,15?,16?,17+;/m1./s1. The predicted octanol–water partition coefficient (Wildman–Crippen LogP) is -2.88. The van der Waals surface area contributed by atoms with Crippen LogP contribution in [-0.2, 0) is 28.5 Å². The summed E-state index contributed by atoms with van der Waals surface area (Å²) in [5, 5.41) is 31.9. The van der Waals surface area contributed by atoms with Crippen molar-refractivity contribution in [3.63, 3.8) is 0 Å². The molecule has 1 fully saturated rings. The molecule has 0 bridgehead atoms. The van der Waals surface area contributed by atoms with Crippen LogP contribution in [0.5, 0.6) is 0 Å². The van der Waals surface area contributed by atoms with Crippen molar-refractivity contribution < 1.29 is 43.8 Å². The van der Waals surface area contributed by atoms with Crippen molar-refractivity contribution in [3.8, 4) is 0 Å². The van der Waals surface area contributed by atoms with Gasteiger partial charge in [0.2, 0.25) is 5.91 Å². The van der Waals surface area contributed by atoms with Gasteiger partial charge < -0.3 is 50.1 Å². The van der Waals surface area contributed by atoms with Gasteiger partial charge in [0.15, 0.2) is 13.4 Å². The Morgan fingerprint density at radius 1 is 1.03 bits per heavy atom. The van der Waals surface area contributed by atoms with Crippen LogP contribution in [0.15, 0.2) is 12.2 Å². The topological polar surface area (TPSA) is 162 Å². The van der Waals surface area contributed by atoms with Crippen molar-refractivity contribution in [2.75, 3.05) is 59.8 Å². The second-order valence-corrected chi connectivity index (χ2v) is 5.95. The first-order valence-corrected chi connectivity index (χ1v) is 9.90. The molecule has 11 nitrogen and oxygen atoms in total. The van der Waals surface area contributed by atoms with Gasteiger partial charge in [-0.3, -0.25) is 4.79 Å². The number of aliphatic hydroxyl groups excluding tert-OH is 3. The van der Waals surface area contributed by atoms with E-state index < -0.39 is 36.6 Å². The maximum atomic E-state index is 11.8. The summed E-state index contributed by atoms with van der Waals surface area (Å²) in [5.41, 5.74) is 5.28. The Bertz CT molecular complexity index is 463. The fraction of sp³-hybridized carbons (Fsp3) is 0.824. The molecule has 6 N–H and O–H groups in total. The van der Waals surface area contributed by atoms with Gasteiger partial charge in [0.1, 0.15) is 24.4 Å². The molecule has 0 aromatic rings. The number of hydrogen-bond donors (Lipinski definition) is 6. The first-order chi connectivity index (χ1) is 14.5. The largest absolute Gasteiger partial charge is 0.387 e. The highest BCUT2D eigenvalue weighted by atomic mass is 32.1. The summed E-state index contributed by atoms with van der Waals surface area (Å²) in [7, 11) is 5.49. The fourth-order valence-corrected chi connectivity index (χ4v) is 2.34. The summed E-state index contributed by atoms with van der Waals surface area (Å²) in [6.45, 7) is 3.36. The molecule has 1 amide bonds. The van der Waals surface area contributed by atoms with E-state index in [4.69, 9.17) is 29.4 Å². The number of nitrogens with one attached hydrogen (secondary N) is 1. The zero-order valence-corrected chi connectivity index (χ0v) is 18.0. The van der Waals surface area contributed by atoms with Gasteiger partial charge in [-0.15, -0.1) is 0 Å². The summed E-state index contributed by atoms with van der Waals surface area (Å²) < 4.78 is 25.9. The highest BCUT2D eigenvalue weighted by molar-refractivity contribution is 8.03. The fourth-order valence-electron chi connectivity index (χ4n) is 2.34. The number of ether oxygens (including phenoxy) is 5. The molecule has 1 aliphatic rings. The summed E-state index contributed by atoms with van der Waals surface area (Å²) in [6, 6.07) is 0. The molecule has 0 aliphatic carbocycles. The van der Waals surface area contributed by atoms with E-state index >= 15 is 0 Å². The Kier molecular flexibility index (Phi) is 18.5. The Balaban J connectivity index is 0.00000407. The number of methoxy groups -OCH3 is 1. The van der Waals surface area contributed by atoms with Crippen LogP contribution in [0, 0.1) is 0 Å². The van der Waals surface area contributed by atoms with E-state index in [0.29, 0.717) is 52.7 Å². The van der Waals surface area contributed by atoms with Crippen molar-refractivity contribution >= 4 is 25.5 Å². The van der Waals surface area contributed by atoms with Crippen molar-refractivity contribution in [1.29, 1.82) is 0 Å². The number of amides is 1. The molecule has 174 valence electrons. The van der Waals surface area contributed by atoms with Gasteiger partial charge in [0.05, 0.1) is 39.6 Å². The zero-order valence-electron chi connectivity index (χ0n) is 17.1. The minimum atomic E-state index is -1.45. The molecule has 0 aromatic carbocycles. The van der Waals surface area contributed by atoms with Gasteiger partial charge >= 0.3 is 0 Å². The molecule has 0 spiro atoms. The number of hydrogen-bond acceptors (Lipinski definition) is 11. The molecule has 1 saturated heterocycles. The minimum absolute atomic E-state index is 0.291. The third kappa shape index (κ3) is 12.2. The van der Waals surface area contributed by atoms with Gasteiger partial charge in [0, 0.05) is 26.3 Å². The molecule has 5 atom stereocenters. The second kappa shape index (κ2) is 19.0. The lowest BCUT2D eigenvalue weighted by atomic mass is 9.98. The number of thiol groups is 1. The Labute approximate surface area is 183 Å². The van der Waals surface area contributed by atoms with Gasteiger partial charge in [0.25, 0.3) is 0 Å². The lowest BCUT2D eigenvalue weighted by Gasteiger charge is -2.38. The van der Waals surface area contributed by atoms with Crippen LogP contribution in [0.2, 0.25) is 0 Å². The highest BCUT2D eigenvalue weighted by Crippen LogP contribution is 2.22. The van der Waals surface area contributed by atoms with Crippen LogP contribution in [0.25, 0.3) is 0 Å². The van der Waals surface area contributed by atoms with E-state index in [0.717, 1.165) is 0 Å². The second-order valence-electron chi connectivity index (χ2n) is 5.95. The molecular formula is C17H33BN2O9S. The Morgan fingerprint density at radius 3 is 2.17 bits per heavy atom. The zero-order chi connectivity index (χ0) is 22.8. The van der Waals surface area contributed by atoms with E-state index in [1.54, 1.807) is 0 Å². The molecule has 1 rings (SSSR count). The van der Waals surface area contributed by atoms with E-state index in [1.807, 2.05) is 0 Å². The summed E-state index contributed by atoms with van der Waals surface area (Å²) in [5.74, 6) is -0.415.